The first-order valence-electron chi connectivity index (χ1n) is 18.8. The van der Waals surface area contributed by atoms with E-state index in [2.05, 4.69) is 10.0 Å². The highest BCUT2D eigenvalue weighted by molar-refractivity contribution is 7.20. The van der Waals surface area contributed by atoms with Crippen LogP contribution in [0.15, 0.2) is 72.0 Å². The monoisotopic (exact) mass is 1030 g/mol. The molecule has 1 aromatic heterocycles. The van der Waals surface area contributed by atoms with Crippen molar-refractivity contribution in [3.05, 3.63) is 205 Å². The molecular weight excluding hydrogens is 1010 g/mol. The maximum atomic E-state index is 15.4. The molecule has 7 rings (SSSR count). The van der Waals surface area contributed by atoms with Gasteiger partial charge in [-0.15, -0.1) is 21.9 Å². The number of azide groups is 1. The molecule has 0 bridgehead atoms. The van der Waals surface area contributed by atoms with E-state index in [0.29, 0.717) is 10.9 Å². The average Bonchev–Trinajstić information content (AvgIpc) is 3.36. The van der Waals surface area contributed by atoms with Gasteiger partial charge in [-0.25, -0.2) is 92.6 Å². The largest absolute Gasteiger partial charge is 0.452 e. The molecule has 0 aliphatic heterocycles. The molecule has 0 unspecified atom stereocenters. The summed E-state index contributed by atoms with van der Waals surface area (Å²) >= 11 is 0. The zero-order valence-corrected chi connectivity index (χ0v) is 33.9. The van der Waals surface area contributed by atoms with E-state index in [1.165, 1.54) is 0 Å². The van der Waals surface area contributed by atoms with Crippen molar-refractivity contribution in [1.29, 1.82) is 0 Å². The van der Waals surface area contributed by atoms with Crippen LogP contribution in [-0.4, -0.2) is 24.6 Å². The highest BCUT2D eigenvalue weighted by atomic mass is 19.2. The lowest BCUT2D eigenvalue weighted by Gasteiger charge is -2.44. The molecule has 0 aliphatic carbocycles. The maximum absolute atomic E-state index is 15.4. The van der Waals surface area contributed by atoms with Gasteiger partial charge in [0.25, 0.3) is 5.69 Å². The lowest BCUT2D eigenvalue weighted by molar-refractivity contribution is -0.684. The third kappa shape index (κ3) is 8.56. The number of hydrogen-bond acceptors (Lipinski definition) is 4. The van der Waals surface area contributed by atoms with E-state index in [4.69, 9.17) is 10.3 Å². The lowest BCUT2D eigenvalue weighted by Crippen LogP contribution is -2.81. The zero-order chi connectivity index (χ0) is 52.7. The highest BCUT2D eigenvalue weighted by Gasteiger charge is 2.52. The molecule has 0 atom stereocenters. The quantitative estimate of drug-likeness (QED) is 0.0131. The summed E-state index contributed by atoms with van der Waals surface area (Å²) in [5.74, 6) is -72.2. The summed E-state index contributed by atoms with van der Waals surface area (Å²) in [5.41, 5.74) is -5.20. The highest BCUT2D eigenvalue weighted by Crippen LogP contribution is 2.31. The molecule has 0 spiro atoms. The molecule has 0 saturated heterocycles. The van der Waals surface area contributed by atoms with Crippen LogP contribution in [-0.2, 0) is 11.3 Å². The molecule has 71 heavy (non-hydrogen) atoms. The fraction of sp³-hybridized carbons (Fsp3) is 0.0465. The van der Waals surface area contributed by atoms with Gasteiger partial charge in [-0.05, 0) is 17.0 Å². The van der Waals surface area contributed by atoms with Crippen LogP contribution in [0.4, 0.5) is 87.8 Å². The number of hydrogen-bond donors (Lipinski definition) is 0. The first kappa shape index (κ1) is 52.2. The zero-order valence-electron chi connectivity index (χ0n) is 33.9. The van der Waals surface area contributed by atoms with E-state index in [0.717, 1.165) is 5.39 Å². The number of ether oxygens (including phenoxy) is 1. The van der Waals surface area contributed by atoms with Crippen molar-refractivity contribution in [1.82, 2.24) is 0 Å². The summed E-state index contributed by atoms with van der Waals surface area (Å²) in [6.07, 6.45) is -5.54. The average molecular weight is 1030 g/mol. The van der Waals surface area contributed by atoms with E-state index in [1.807, 2.05) is 24.3 Å². The number of benzene rings is 6. The number of carbonyl (C=O) groups excluding carboxylic acids is 2. The number of carbonyl (C=O) groups is 2. The Kier molecular flexibility index (Phi) is 14.8. The number of Topliss-reactive ketones (excluding diaryl/α,β-unsaturated/α-hetero) is 1. The molecule has 28 heteroatoms. The van der Waals surface area contributed by atoms with Crippen molar-refractivity contribution in [3.8, 4) is 0 Å². The second-order valence-electron chi connectivity index (χ2n) is 14.3. The summed E-state index contributed by atoms with van der Waals surface area (Å²) in [6, 6.07) is 18.0. The van der Waals surface area contributed by atoms with Gasteiger partial charge in [0.15, 0.2) is 82.7 Å². The molecular formula is C43H15BF20N4O3. The molecule has 0 amide bonds. The summed E-state index contributed by atoms with van der Waals surface area (Å²) in [6.45, 7) is -0.425. The Bertz CT molecular complexity index is 3030. The third-order valence-electron chi connectivity index (χ3n) is 10.6. The van der Waals surface area contributed by atoms with Crippen LogP contribution in [0.3, 0.4) is 0 Å². The molecule has 0 radical (unpaired) electrons. The van der Waals surface area contributed by atoms with Crippen molar-refractivity contribution in [2.75, 3.05) is 6.73 Å². The Morgan fingerprint density at radius 1 is 0.465 bits per heavy atom. The van der Waals surface area contributed by atoms with E-state index in [-0.39, 0.29) is 18.0 Å². The maximum Gasteiger partial charge on any atom is 0.404 e. The predicted octanol–water partition coefficient (Wildman–Crippen LogP) is 9.28. The van der Waals surface area contributed by atoms with Gasteiger partial charge in [-0.1, -0.05) is 53.6 Å². The van der Waals surface area contributed by atoms with Gasteiger partial charge in [0.1, 0.15) is 52.7 Å². The van der Waals surface area contributed by atoms with E-state index < -0.39 is 157 Å². The Balaban J connectivity index is 0.000000268. The van der Waals surface area contributed by atoms with Crippen LogP contribution in [0.2, 0.25) is 0 Å². The van der Waals surface area contributed by atoms with Gasteiger partial charge in [0.05, 0.1) is 5.39 Å². The molecule has 0 N–H and O–H groups in total. The molecule has 0 saturated carbocycles. The van der Waals surface area contributed by atoms with Gasteiger partial charge in [-0.3, -0.25) is 4.79 Å². The number of halogens is 20. The standard InChI is InChI=1S/C24BF20.C19H15N4O3/c26-5-1(6(27)14(35)21(42)13(5)34)25(2-7(28)15(36)22(43)16(37)8(2)29,3-9(30)17(38)23(44)18(39)10(3)31)4-11(32)19(40)24(45)20(41)12(4)33;20-22-21-13-26-19(25)18-16-9-5-4-6-14(16)10-11-23(18)12-17(24)15-7-2-1-3-8-15/h;1-11H,12-13H2/q-1;+1. The smallest absolute Gasteiger partial charge is 0.404 e. The first-order valence-corrected chi connectivity index (χ1v) is 18.8. The van der Waals surface area contributed by atoms with Crippen molar-refractivity contribution in [2.45, 2.75) is 6.54 Å². The SMILES string of the molecule is Fc1c(F)c(F)c([B-](c2c(F)c(F)c(F)c(F)c2F)(c2c(F)c(F)c(F)c(F)c2F)c2c(F)c(F)c(F)c(F)c2F)c(F)c1F.[N-]=[N+]=NCOC(=O)c1c2ccccc2cc[n+]1CC(=O)c1ccccc1. The Morgan fingerprint density at radius 3 is 1.14 bits per heavy atom. The van der Waals surface area contributed by atoms with Crippen LogP contribution in [0.5, 0.6) is 0 Å². The number of nitrogens with zero attached hydrogens (tertiary/aromatic N) is 4. The minimum atomic E-state index is -7.22. The van der Waals surface area contributed by atoms with Gasteiger partial charge < -0.3 is 4.74 Å². The number of ketones is 1. The fourth-order valence-corrected chi connectivity index (χ4v) is 7.54. The fourth-order valence-electron chi connectivity index (χ4n) is 7.54. The number of rotatable bonds is 10. The minimum absolute atomic E-state index is 0.0131. The molecule has 0 aliphatic rings. The summed E-state index contributed by atoms with van der Waals surface area (Å²) in [5, 5.41) is 4.71. The van der Waals surface area contributed by atoms with Crippen molar-refractivity contribution in [2.24, 2.45) is 5.11 Å². The normalized spacial score (nSPS) is 11.3. The summed E-state index contributed by atoms with van der Waals surface area (Å²) in [4.78, 5) is 27.6. The molecule has 7 nitrogen and oxygen atoms in total. The van der Waals surface area contributed by atoms with Gasteiger partial charge >= 0.3 is 5.97 Å². The molecule has 7 aromatic rings. The van der Waals surface area contributed by atoms with Crippen LogP contribution in [0.25, 0.3) is 21.2 Å². The molecule has 6 aromatic carbocycles. The van der Waals surface area contributed by atoms with E-state index in [9.17, 15) is 62.3 Å². The minimum Gasteiger partial charge on any atom is -0.452 e. The van der Waals surface area contributed by atoms with Crippen molar-refractivity contribution in [3.63, 3.8) is 0 Å². The van der Waals surface area contributed by atoms with Crippen molar-refractivity contribution < 1.29 is 107 Å². The second-order valence-corrected chi connectivity index (χ2v) is 14.3. The lowest BCUT2D eigenvalue weighted by atomic mass is 9.12. The van der Waals surface area contributed by atoms with Gasteiger partial charge in [0.2, 0.25) is 12.3 Å². The molecule has 368 valence electrons. The Morgan fingerprint density at radius 2 is 0.789 bits per heavy atom. The second kappa shape index (κ2) is 20.1. The van der Waals surface area contributed by atoms with E-state index in [1.54, 1.807) is 47.2 Å². The Hall–Kier alpha value is -8.16. The molecule has 1 heterocycles. The number of esters is 1. The summed E-state index contributed by atoms with van der Waals surface area (Å²) < 4.78 is 301. The first-order chi connectivity index (χ1) is 33.4. The van der Waals surface area contributed by atoms with Gasteiger partial charge in [-0.2, -0.15) is 4.57 Å². The topological polar surface area (TPSA) is 96.0 Å². The van der Waals surface area contributed by atoms with Crippen LogP contribution < -0.4 is 26.4 Å². The molecule has 0 fully saturated rings. The van der Waals surface area contributed by atoms with Crippen LogP contribution in [0, 0.1) is 116 Å². The van der Waals surface area contributed by atoms with E-state index >= 15 is 35.1 Å². The van der Waals surface area contributed by atoms with Crippen molar-refractivity contribution >= 4 is 50.5 Å². The third-order valence-corrected chi connectivity index (χ3v) is 10.6. The van der Waals surface area contributed by atoms with Crippen LogP contribution >= 0.6 is 0 Å². The van der Waals surface area contributed by atoms with Gasteiger partial charge in [0, 0.05) is 16.5 Å². The predicted molar refractivity (Wildman–Crippen MR) is 204 cm³/mol. The number of pyridine rings is 1. The number of aromatic nitrogens is 1. The van der Waals surface area contributed by atoms with Crippen LogP contribution in [0.1, 0.15) is 20.8 Å². The number of fused-ring (bicyclic) bond motifs is 1. The summed E-state index contributed by atoms with van der Waals surface area (Å²) in [7, 11) is 0. The Labute approximate surface area is 380 Å².